The van der Waals surface area contributed by atoms with Crippen LogP contribution in [0.1, 0.15) is 50.5 Å². The molecule has 0 fully saturated rings. The van der Waals surface area contributed by atoms with E-state index in [1.54, 1.807) is 6.92 Å². The number of benzene rings is 1. The molecule has 5 heteroatoms. The Kier molecular flexibility index (Phi) is 5.55. The highest BCUT2D eigenvalue weighted by molar-refractivity contribution is 5.79. The number of esters is 1. The number of nitrogens with two attached hydrogens (primary N) is 1. The van der Waals surface area contributed by atoms with Gasteiger partial charge >= 0.3 is 5.97 Å². The molecule has 0 amide bonds. The Balaban J connectivity index is 2.41. The average Bonchev–Trinajstić information content (AvgIpc) is 2.82. The lowest BCUT2D eigenvalue weighted by Crippen LogP contribution is -2.21. The third-order valence-corrected chi connectivity index (χ3v) is 3.73. The second-order valence-electron chi connectivity index (χ2n) is 5.60. The molecule has 1 aromatic carbocycles. The fourth-order valence-corrected chi connectivity index (χ4v) is 2.60. The first-order valence-corrected chi connectivity index (χ1v) is 7.94. The number of hydrogen-bond donors (Lipinski definition) is 1. The van der Waals surface area contributed by atoms with Crippen LogP contribution in [0.25, 0.3) is 11.0 Å². The van der Waals surface area contributed by atoms with Gasteiger partial charge in [-0.05, 0) is 38.0 Å². The molecule has 2 N–H and O–H groups in total. The van der Waals surface area contributed by atoms with Gasteiger partial charge in [-0.3, -0.25) is 4.79 Å². The van der Waals surface area contributed by atoms with Crippen molar-refractivity contribution in [2.45, 2.75) is 52.6 Å². The second-order valence-corrected chi connectivity index (χ2v) is 5.60. The minimum atomic E-state index is -0.258. The standard InChI is InChI=1S/C17H25N3O2/c1-4-6-7-13(18)17-19-14-10-12(3)8-9-15(14)20(17)11-16(21)22-5-2/h8-10,13H,4-7,11,18H2,1-3H3. The fraction of sp³-hybridized carbons (Fsp3) is 0.529. The first kappa shape index (κ1) is 16.5. The van der Waals surface area contributed by atoms with E-state index in [4.69, 9.17) is 10.5 Å². The zero-order valence-electron chi connectivity index (χ0n) is 13.6. The average molecular weight is 303 g/mol. The summed E-state index contributed by atoms with van der Waals surface area (Å²) in [4.78, 5) is 16.6. The number of aromatic nitrogens is 2. The smallest absolute Gasteiger partial charge is 0.326 e. The van der Waals surface area contributed by atoms with Gasteiger partial charge in [0.15, 0.2) is 0 Å². The van der Waals surface area contributed by atoms with Crippen molar-refractivity contribution in [2.24, 2.45) is 5.73 Å². The van der Waals surface area contributed by atoms with Crippen molar-refractivity contribution in [1.29, 1.82) is 0 Å². The monoisotopic (exact) mass is 303 g/mol. The van der Waals surface area contributed by atoms with E-state index in [-0.39, 0.29) is 18.6 Å². The second kappa shape index (κ2) is 7.40. The molecule has 5 nitrogen and oxygen atoms in total. The van der Waals surface area contributed by atoms with Gasteiger partial charge in [0.25, 0.3) is 0 Å². The van der Waals surface area contributed by atoms with Crippen LogP contribution >= 0.6 is 0 Å². The maximum absolute atomic E-state index is 11.9. The van der Waals surface area contributed by atoms with Crippen LogP contribution in [0.2, 0.25) is 0 Å². The summed E-state index contributed by atoms with van der Waals surface area (Å²) in [7, 11) is 0. The highest BCUT2D eigenvalue weighted by Crippen LogP contribution is 2.23. The van der Waals surface area contributed by atoms with Crippen molar-refractivity contribution in [1.82, 2.24) is 9.55 Å². The Morgan fingerprint density at radius 1 is 1.41 bits per heavy atom. The predicted octanol–water partition coefficient (Wildman–Crippen LogP) is 3.10. The Morgan fingerprint density at radius 2 is 2.18 bits per heavy atom. The molecule has 2 rings (SSSR count). The van der Waals surface area contributed by atoms with Crippen LogP contribution in [-0.2, 0) is 16.1 Å². The minimum absolute atomic E-state index is 0.155. The van der Waals surface area contributed by atoms with Crippen LogP contribution in [0.15, 0.2) is 18.2 Å². The minimum Gasteiger partial charge on any atom is -0.465 e. The maximum Gasteiger partial charge on any atom is 0.326 e. The summed E-state index contributed by atoms with van der Waals surface area (Å²) >= 11 is 0. The largest absolute Gasteiger partial charge is 0.465 e. The van der Waals surface area contributed by atoms with E-state index in [9.17, 15) is 4.79 Å². The van der Waals surface area contributed by atoms with Gasteiger partial charge in [0, 0.05) is 0 Å². The van der Waals surface area contributed by atoms with Crippen molar-refractivity contribution in [3.05, 3.63) is 29.6 Å². The molecular formula is C17H25N3O2. The van der Waals surface area contributed by atoms with Crippen molar-refractivity contribution in [2.75, 3.05) is 6.61 Å². The van der Waals surface area contributed by atoms with Crippen LogP contribution < -0.4 is 5.73 Å². The van der Waals surface area contributed by atoms with E-state index in [2.05, 4.69) is 11.9 Å². The number of ether oxygens (including phenoxy) is 1. The Morgan fingerprint density at radius 3 is 2.86 bits per heavy atom. The molecule has 22 heavy (non-hydrogen) atoms. The van der Waals surface area contributed by atoms with Gasteiger partial charge in [-0.2, -0.15) is 0 Å². The molecule has 0 bridgehead atoms. The molecule has 1 atom stereocenters. The van der Waals surface area contributed by atoms with Crippen LogP contribution in [0.4, 0.5) is 0 Å². The zero-order chi connectivity index (χ0) is 16.1. The van der Waals surface area contributed by atoms with Crippen molar-refractivity contribution in [3.63, 3.8) is 0 Å². The SMILES string of the molecule is CCCCC(N)c1nc2cc(C)ccc2n1CC(=O)OCC. The van der Waals surface area contributed by atoms with E-state index in [1.807, 2.05) is 29.7 Å². The number of carbonyl (C=O) groups is 1. The van der Waals surface area contributed by atoms with E-state index in [1.165, 1.54) is 0 Å². The molecule has 120 valence electrons. The maximum atomic E-state index is 11.9. The third-order valence-electron chi connectivity index (χ3n) is 3.73. The highest BCUT2D eigenvalue weighted by Gasteiger charge is 2.19. The zero-order valence-corrected chi connectivity index (χ0v) is 13.6. The lowest BCUT2D eigenvalue weighted by atomic mass is 10.1. The van der Waals surface area contributed by atoms with Gasteiger partial charge in [0.05, 0.1) is 23.7 Å². The molecule has 0 radical (unpaired) electrons. The van der Waals surface area contributed by atoms with E-state index in [0.717, 1.165) is 41.7 Å². The summed E-state index contributed by atoms with van der Waals surface area (Å²) < 4.78 is 6.97. The van der Waals surface area contributed by atoms with Gasteiger partial charge in [-0.25, -0.2) is 4.98 Å². The van der Waals surface area contributed by atoms with Gasteiger partial charge in [0.2, 0.25) is 0 Å². The Hall–Kier alpha value is -1.88. The van der Waals surface area contributed by atoms with Crippen LogP contribution in [0.5, 0.6) is 0 Å². The third kappa shape index (κ3) is 3.65. The number of unbranched alkanes of at least 4 members (excludes halogenated alkanes) is 1. The van der Waals surface area contributed by atoms with Crippen molar-refractivity contribution >= 4 is 17.0 Å². The molecule has 0 aliphatic rings. The summed E-state index contributed by atoms with van der Waals surface area (Å²) in [5.74, 6) is 0.508. The molecule has 0 aliphatic heterocycles. The van der Waals surface area contributed by atoms with Crippen LogP contribution in [0, 0.1) is 6.92 Å². The van der Waals surface area contributed by atoms with Gasteiger partial charge in [-0.1, -0.05) is 25.8 Å². The summed E-state index contributed by atoms with van der Waals surface area (Å²) in [6.07, 6.45) is 3.00. The predicted molar refractivity (Wildman–Crippen MR) is 87.6 cm³/mol. The molecule has 0 saturated heterocycles. The highest BCUT2D eigenvalue weighted by atomic mass is 16.5. The van der Waals surface area contributed by atoms with E-state index >= 15 is 0 Å². The summed E-state index contributed by atoms with van der Waals surface area (Å²) in [6, 6.07) is 5.87. The number of aryl methyl sites for hydroxylation is 1. The molecular weight excluding hydrogens is 278 g/mol. The van der Waals surface area contributed by atoms with Crippen LogP contribution in [0.3, 0.4) is 0 Å². The molecule has 2 aromatic rings. The normalized spacial score (nSPS) is 12.5. The van der Waals surface area contributed by atoms with Crippen molar-refractivity contribution in [3.8, 4) is 0 Å². The quantitative estimate of drug-likeness (QED) is 0.798. The Bertz CT molecular complexity index is 649. The molecule has 0 aliphatic carbocycles. The summed E-state index contributed by atoms with van der Waals surface area (Å²) in [6.45, 7) is 6.50. The van der Waals surface area contributed by atoms with Gasteiger partial charge < -0.3 is 15.0 Å². The lowest BCUT2D eigenvalue weighted by molar-refractivity contribution is -0.143. The molecule has 1 heterocycles. The first-order valence-electron chi connectivity index (χ1n) is 7.94. The lowest BCUT2D eigenvalue weighted by Gasteiger charge is -2.14. The van der Waals surface area contributed by atoms with E-state index in [0.29, 0.717) is 6.61 Å². The van der Waals surface area contributed by atoms with Gasteiger partial charge in [-0.15, -0.1) is 0 Å². The molecule has 1 unspecified atom stereocenters. The Labute approximate surface area is 131 Å². The number of imidazole rings is 1. The molecule has 0 spiro atoms. The number of carbonyl (C=O) groups excluding carboxylic acids is 1. The summed E-state index contributed by atoms with van der Waals surface area (Å²) in [5.41, 5.74) is 9.25. The molecule has 1 aromatic heterocycles. The number of rotatable bonds is 7. The van der Waals surface area contributed by atoms with Crippen LogP contribution in [-0.4, -0.2) is 22.1 Å². The van der Waals surface area contributed by atoms with Crippen molar-refractivity contribution < 1.29 is 9.53 Å². The van der Waals surface area contributed by atoms with Gasteiger partial charge in [0.1, 0.15) is 12.4 Å². The first-order chi connectivity index (χ1) is 10.6. The number of nitrogens with zero attached hydrogens (tertiary/aromatic N) is 2. The number of hydrogen-bond acceptors (Lipinski definition) is 4. The van der Waals surface area contributed by atoms with E-state index < -0.39 is 0 Å². The fourth-order valence-electron chi connectivity index (χ4n) is 2.60. The summed E-state index contributed by atoms with van der Waals surface area (Å²) in [5, 5.41) is 0. The number of fused-ring (bicyclic) bond motifs is 1. The topological polar surface area (TPSA) is 70.1 Å². The molecule has 0 saturated carbocycles.